The van der Waals surface area contributed by atoms with Crippen LogP contribution in [0, 0.1) is 17.8 Å². The van der Waals surface area contributed by atoms with Crippen LogP contribution in [-0.4, -0.2) is 76.9 Å². The summed E-state index contributed by atoms with van der Waals surface area (Å²) in [5.41, 5.74) is 4.80. The van der Waals surface area contributed by atoms with E-state index in [0.717, 1.165) is 27.7 Å². The van der Waals surface area contributed by atoms with Crippen LogP contribution < -0.4 is 14.8 Å². The lowest BCUT2D eigenvalue weighted by atomic mass is 9.79. The van der Waals surface area contributed by atoms with E-state index in [2.05, 4.69) is 15.3 Å². The van der Waals surface area contributed by atoms with Crippen molar-refractivity contribution in [1.82, 2.24) is 19.8 Å². The van der Waals surface area contributed by atoms with Gasteiger partial charge in [0.15, 0.2) is 11.5 Å². The zero-order valence-electron chi connectivity index (χ0n) is 29.5. The van der Waals surface area contributed by atoms with Gasteiger partial charge >= 0.3 is 0 Å². The Morgan fingerprint density at radius 3 is 2.54 bits per heavy atom. The number of likely N-dealkylation sites (tertiary alicyclic amines) is 2. The van der Waals surface area contributed by atoms with E-state index in [4.69, 9.17) is 21.1 Å². The summed E-state index contributed by atoms with van der Waals surface area (Å²) in [6.07, 6.45) is 4.29. The van der Waals surface area contributed by atoms with Crippen LogP contribution in [0.4, 0.5) is 5.69 Å². The molecule has 268 valence electrons. The molecule has 2 fully saturated rings. The first-order valence-electron chi connectivity index (χ1n) is 17.6. The molecule has 3 amide bonds. The molecule has 0 bridgehead atoms. The molecule has 4 heterocycles. The van der Waals surface area contributed by atoms with Crippen LogP contribution in [0.5, 0.6) is 11.5 Å². The molecule has 3 aromatic carbocycles. The summed E-state index contributed by atoms with van der Waals surface area (Å²) >= 11 is 6.19. The first kappa shape index (κ1) is 35.1. The van der Waals surface area contributed by atoms with E-state index in [1.807, 2.05) is 74.6 Å². The van der Waals surface area contributed by atoms with E-state index in [-0.39, 0.29) is 48.6 Å². The minimum absolute atomic E-state index is 0.0528. The number of carbonyl (C=O) groups is 3. The van der Waals surface area contributed by atoms with Crippen LogP contribution in [0.1, 0.15) is 41.0 Å². The highest BCUT2D eigenvalue weighted by molar-refractivity contribution is 6.31. The van der Waals surface area contributed by atoms with Crippen molar-refractivity contribution < 1.29 is 23.9 Å². The summed E-state index contributed by atoms with van der Waals surface area (Å²) in [6, 6.07) is 24.5. The summed E-state index contributed by atoms with van der Waals surface area (Å²) in [4.78, 5) is 53.5. The highest BCUT2D eigenvalue weighted by Gasteiger charge is 2.48. The van der Waals surface area contributed by atoms with Gasteiger partial charge in [0.25, 0.3) is 5.91 Å². The lowest BCUT2D eigenvalue weighted by Crippen LogP contribution is -2.52. The molecule has 7 rings (SSSR count). The van der Waals surface area contributed by atoms with Crippen LogP contribution in [0.25, 0.3) is 10.9 Å². The number of nitrogens with one attached hydrogen (secondary N) is 2. The molecule has 11 heteroatoms. The lowest BCUT2D eigenvalue weighted by Gasteiger charge is -2.39. The van der Waals surface area contributed by atoms with Gasteiger partial charge in [-0.25, -0.2) is 0 Å². The molecule has 0 spiro atoms. The number of carbonyl (C=O) groups excluding carboxylic acids is 3. The Hall–Kier alpha value is -5.35. The van der Waals surface area contributed by atoms with Crippen LogP contribution in [0.2, 0.25) is 5.02 Å². The molecule has 52 heavy (non-hydrogen) atoms. The van der Waals surface area contributed by atoms with Crippen molar-refractivity contribution in [3.05, 3.63) is 119 Å². The van der Waals surface area contributed by atoms with E-state index in [1.54, 1.807) is 47.4 Å². The number of aromatic amines is 1. The number of piperidine rings is 1. The van der Waals surface area contributed by atoms with Gasteiger partial charge in [0.2, 0.25) is 11.8 Å². The van der Waals surface area contributed by atoms with Gasteiger partial charge in [0.1, 0.15) is 0 Å². The average molecular weight is 720 g/mol. The number of rotatable bonds is 10. The number of hydrogen-bond acceptors (Lipinski definition) is 6. The number of ether oxygens (including phenoxy) is 2. The largest absolute Gasteiger partial charge is 0.493 e. The highest BCUT2D eigenvalue weighted by atomic mass is 35.5. The predicted molar refractivity (Wildman–Crippen MR) is 201 cm³/mol. The number of benzene rings is 3. The number of halogens is 1. The van der Waals surface area contributed by atoms with Gasteiger partial charge in [0.05, 0.1) is 25.6 Å². The van der Waals surface area contributed by atoms with Crippen molar-refractivity contribution in [2.24, 2.45) is 17.8 Å². The van der Waals surface area contributed by atoms with Gasteiger partial charge < -0.3 is 29.6 Å². The van der Waals surface area contributed by atoms with Crippen LogP contribution >= 0.6 is 11.6 Å². The maximum atomic E-state index is 14.2. The maximum absolute atomic E-state index is 14.2. The second kappa shape index (κ2) is 15.1. The number of anilines is 1. The topological polar surface area (TPSA) is 117 Å². The summed E-state index contributed by atoms with van der Waals surface area (Å²) < 4.78 is 11.4. The number of aromatic nitrogens is 2. The minimum atomic E-state index is -0.538. The Morgan fingerprint density at radius 1 is 0.942 bits per heavy atom. The smallest absolute Gasteiger partial charge is 0.254 e. The Labute approximate surface area is 308 Å². The average Bonchev–Trinajstić information content (AvgIpc) is 3.75. The number of pyridine rings is 1. The Morgan fingerprint density at radius 2 is 1.75 bits per heavy atom. The molecule has 10 nitrogen and oxygen atoms in total. The number of fused-ring (bicyclic) bond motifs is 2. The minimum Gasteiger partial charge on any atom is -0.493 e. The van der Waals surface area contributed by atoms with E-state index >= 15 is 0 Å². The van der Waals surface area contributed by atoms with E-state index in [9.17, 15) is 14.4 Å². The molecule has 2 aliphatic rings. The second-order valence-electron chi connectivity index (χ2n) is 13.9. The Balaban J connectivity index is 1.12. The third-order valence-electron chi connectivity index (χ3n) is 10.0. The fraction of sp³-hybridized carbons (Fsp3) is 0.317. The molecule has 3 atom stereocenters. The standard InChI is InChI=1S/C41H42ClN5O5/c1-25(2)52-37-12-9-27(16-38(37)51-3)41(50)47-22-29-21-46(39(48)17-28-20-44-36-18-30(42)10-11-33(28)36)24-35(34(29)23-47)40(49)45-31-13-14-43-32(19-31)15-26-7-5-4-6-8-26/h4-14,16,18-20,25,29,34-35,44H,15,17,21-24H2,1-3H3,(H,43,45,49). The summed E-state index contributed by atoms with van der Waals surface area (Å²) in [5, 5.41) is 4.68. The molecule has 0 radical (unpaired) electrons. The molecule has 3 unspecified atom stereocenters. The normalized spacial score (nSPS) is 18.4. The van der Waals surface area contributed by atoms with E-state index in [1.165, 1.54) is 0 Å². The van der Waals surface area contributed by atoms with Crippen molar-refractivity contribution in [1.29, 1.82) is 0 Å². The van der Waals surface area contributed by atoms with Gasteiger partial charge in [-0.2, -0.15) is 0 Å². The van der Waals surface area contributed by atoms with Crippen LogP contribution in [0.3, 0.4) is 0 Å². The fourth-order valence-electron chi connectivity index (χ4n) is 7.53. The molecule has 2 N–H and O–H groups in total. The lowest BCUT2D eigenvalue weighted by molar-refractivity contribution is -0.136. The van der Waals surface area contributed by atoms with Crippen molar-refractivity contribution in [3.8, 4) is 11.5 Å². The van der Waals surface area contributed by atoms with Gasteiger partial charge in [-0.15, -0.1) is 0 Å². The third kappa shape index (κ3) is 7.62. The number of amides is 3. The molecule has 2 saturated heterocycles. The molecule has 0 saturated carbocycles. The van der Waals surface area contributed by atoms with Crippen molar-refractivity contribution in [2.75, 3.05) is 38.6 Å². The molecule has 2 aliphatic heterocycles. The van der Waals surface area contributed by atoms with Crippen LogP contribution in [-0.2, 0) is 22.4 Å². The van der Waals surface area contributed by atoms with Gasteiger partial charge in [0, 0.05) is 77.9 Å². The quantitative estimate of drug-likeness (QED) is 0.167. The zero-order chi connectivity index (χ0) is 36.4. The Bertz CT molecular complexity index is 2100. The van der Waals surface area contributed by atoms with Crippen LogP contribution in [0.15, 0.2) is 91.3 Å². The van der Waals surface area contributed by atoms with E-state index in [0.29, 0.717) is 53.8 Å². The maximum Gasteiger partial charge on any atom is 0.254 e. The third-order valence-corrected chi connectivity index (χ3v) is 10.2. The van der Waals surface area contributed by atoms with Gasteiger partial charge in [-0.05, 0) is 79.3 Å². The summed E-state index contributed by atoms with van der Waals surface area (Å²) in [6.45, 7) is 5.38. The van der Waals surface area contributed by atoms with Crippen molar-refractivity contribution in [3.63, 3.8) is 0 Å². The monoisotopic (exact) mass is 719 g/mol. The summed E-state index contributed by atoms with van der Waals surface area (Å²) in [7, 11) is 1.55. The number of nitrogens with zero attached hydrogens (tertiary/aromatic N) is 3. The highest BCUT2D eigenvalue weighted by Crippen LogP contribution is 2.38. The first-order chi connectivity index (χ1) is 25.1. The zero-order valence-corrected chi connectivity index (χ0v) is 30.2. The Kier molecular flexibility index (Phi) is 10.2. The molecular weight excluding hydrogens is 678 g/mol. The fourth-order valence-corrected chi connectivity index (χ4v) is 7.70. The number of H-pyrrole nitrogens is 1. The predicted octanol–water partition coefficient (Wildman–Crippen LogP) is 6.63. The van der Waals surface area contributed by atoms with Crippen molar-refractivity contribution >= 4 is 45.9 Å². The molecule has 2 aromatic heterocycles. The van der Waals surface area contributed by atoms with Crippen molar-refractivity contribution in [2.45, 2.75) is 32.8 Å². The summed E-state index contributed by atoms with van der Waals surface area (Å²) in [5.74, 6) is -0.129. The van der Waals surface area contributed by atoms with E-state index < -0.39 is 5.92 Å². The first-order valence-corrected chi connectivity index (χ1v) is 18.0. The molecular formula is C41H42ClN5O5. The van der Waals surface area contributed by atoms with Gasteiger partial charge in [-0.3, -0.25) is 19.4 Å². The number of hydrogen-bond donors (Lipinski definition) is 2. The van der Waals surface area contributed by atoms with Gasteiger partial charge in [-0.1, -0.05) is 48.0 Å². The SMILES string of the molecule is COc1cc(C(=O)N2CC3CN(C(=O)Cc4c[nH]c5cc(Cl)ccc45)CC(C(=O)Nc4ccnc(Cc5ccccc5)c4)C3C2)ccc1OC(C)C. The molecule has 5 aromatic rings. The second-order valence-corrected chi connectivity index (χ2v) is 14.4. The number of methoxy groups -OCH3 is 1. The molecule has 0 aliphatic carbocycles.